The van der Waals surface area contributed by atoms with Crippen LogP contribution in [-0.2, 0) is 0 Å². The Morgan fingerprint density at radius 3 is 2.63 bits per heavy atom. The number of benzene rings is 1. The van der Waals surface area contributed by atoms with E-state index in [-0.39, 0.29) is 5.16 Å². The molecule has 0 amide bonds. The van der Waals surface area contributed by atoms with Crippen LogP contribution in [-0.4, -0.2) is 7.05 Å². The van der Waals surface area contributed by atoms with E-state index in [4.69, 9.17) is 23.2 Å². The normalized spacial score (nSPS) is 13.1. The zero-order valence-electron chi connectivity index (χ0n) is 10.9. The lowest BCUT2D eigenvalue weighted by Crippen LogP contribution is -2.25. The number of hydrazine groups is 1. The second kappa shape index (κ2) is 7.38. The van der Waals surface area contributed by atoms with Gasteiger partial charge in [-0.3, -0.25) is 0 Å². The minimum Gasteiger partial charge on any atom is -0.389 e. The zero-order valence-corrected chi connectivity index (χ0v) is 13.2. The molecule has 3 nitrogen and oxygen atoms in total. The van der Waals surface area contributed by atoms with Gasteiger partial charge in [-0.1, -0.05) is 51.8 Å². The van der Waals surface area contributed by atoms with Crippen LogP contribution in [0.4, 0.5) is 5.69 Å². The third-order valence-electron chi connectivity index (χ3n) is 2.49. The molecule has 1 aromatic rings. The van der Waals surface area contributed by atoms with E-state index in [9.17, 15) is 0 Å². The van der Waals surface area contributed by atoms with Crippen molar-refractivity contribution in [1.29, 1.82) is 0 Å². The van der Waals surface area contributed by atoms with Crippen LogP contribution in [0.5, 0.6) is 0 Å². The van der Waals surface area contributed by atoms with Crippen molar-refractivity contribution in [3.05, 3.63) is 57.2 Å². The topological polar surface area (TPSA) is 55.3 Å². The van der Waals surface area contributed by atoms with E-state index in [1.54, 1.807) is 18.1 Å². The fourth-order valence-corrected chi connectivity index (χ4v) is 2.18. The van der Waals surface area contributed by atoms with Gasteiger partial charge in [0, 0.05) is 17.1 Å². The maximum absolute atomic E-state index is 5.81. The summed E-state index contributed by atoms with van der Waals surface area (Å²) in [5.74, 6) is 5.81. The Bertz CT molecular complexity index is 529. The Kier molecular flexibility index (Phi) is 6.15. The van der Waals surface area contributed by atoms with Gasteiger partial charge in [-0.15, -0.1) is 0 Å². The summed E-state index contributed by atoms with van der Waals surface area (Å²) in [5.41, 5.74) is 8.30. The molecule has 0 aliphatic rings. The second-order valence-corrected chi connectivity index (χ2v) is 5.23. The van der Waals surface area contributed by atoms with E-state index in [1.165, 1.54) is 0 Å². The van der Waals surface area contributed by atoms with E-state index in [1.807, 2.05) is 43.4 Å². The SMILES string of the molecule is C/C=C(\C=C\c1c(Br)cccc1N(C)N)/C=C(\N)Cl. The highest BCUT2D eigenvalue weighted by atomic mass is 79.9. The number of halogens is 2. The van der Waals surface area contributed by atoms with Crippen LogP contribution in [0.3, 0.4) is 0 Å². The molecule has 102 valence electrons. The first-order valence-corrected chi connectivity index (χ1v) is 6.86. The molecule has 0 saturated heterocycles. The second-order valence-electron chi connectivity index (χ2n) is 3.93. The van der Waals surface area contributed by atoms with Crippen molar-refractivity contribution in [3.8, 4) is 0 Å². The quantitative estimate of drug-likeness (QED) is 0.379. The maximum atomic E-state index is 5.81. The van der Waals surface area contributed by atoms with E-state index in [2.05, 4.69) is 15.9 Å². The Morgan fingerprint density at radius 2 is 2.11 bits per heavy atom. The summed E-state index contributed by atoms with van der Waals surface area (Å²) in [4.78, 5) is 0. The molecule has 0 aliphatic heterocycles. The third-order valence-corrected chi connectivity index (χ3v) is 3.29. The van der Waals surface area contributed by atoms with Gasteiger partial charge in [0.05, 0.1) is 10.8 Å². The molecule has 0 fully saturated rings. The molecule has 1 aromatic carbocycles. The maximum Gasteiger partial charge on any atom is 0.0997 e. The molecule has 5 heteroatoms. The number of allylic oxidation sites excluding steroid dienone is 4. The summed E-state index contributed by atoms with van der Waals surface area (Å²) in [6.07, 6.45) is 7.52. The number of nitrogens with zero attached hydrogens (tertiary/aromatic N) is 1. The van der Waals surface area contributed by atoms with Crippen LogP contribution >= 0.6 is 27.5 Å². The fraction of sp³-hybridized carbons (Fsp3) is 0.143. The van der Waals surface area contributed by atoms with Crippen LogP contribution in [0.1, 0.15) is 12.5 Å². The monoisotopic (exact) mass is 341 g/mol. The smallest absolute Gasteiger partial charge is 0.0997 e. The van der Waals surface area contributed by atoms with Gasteiger partial charge < -0.3 is 10.7 Å². The van der Waals surface area contributed by atoms with E-state index in [0.29, 0.717) is 0 Å². The highest BCUT2D eigenvalue weighted by Gasteiger charge is 2.05. The largest absolute Gasteiger partial charge is 0.389 e. The number of anilines is 1. The summed E-state index contributed by atoms with van der Waals surface area (Å²) >= 11 is 9.19. The van der Waals surface area contributed by atoms with Gasteiger partial charge in [-0.05, 0) is 30.7 Å². The average Bonchev–Trinajstić information content (AvgIpc) is 2.34. The predicted molar refractivity (Wildman–Crippen MR) is 87.6 cm³/mol. The highest BCUT2D eigenvalue weighted by Crippen LogP contribution is 2.28. The van der Waals surface area contributed by atoms with Crippen molar-refractivity contribution < 1.29 is 0 Å². The lowest BCUT2D eigenvalue weighted by atomic mass is 10.1. The summed E-state index contributed by atoms with van der Waals surface area (Å²) in [6, 6.07) is 5.85. The van der Waals surface area contributed by atoms with E-state index >= 15 is 0 Å². The van der Waals surface area contributed by atoms with Gasteiger partial charge in [0.2, 0.25) is 0 Å². The molecule has 0 radical (unpaired) electrons. The predicted octanol–water partition coefficient (Wildman–Crippen LogP) is 3.76. The van der Waals surface area contributed by atoms with Gasteiger partial charge in [0.15, 0.2) is 0 Å². The Morgan fingerprint density at radius 1 is 1.42 bits per heavy atom. The molecule has 4 N–H and O–H groups in total. The molecule has 19 heavy (non-hydrogen) atoms. The first-order chi connectivity index (χ1) is 8.95. The molecule has 0 aromatic heterocycles. The van der Waals surface area contributed by atoms with Gasteiger partial charge in [-0.2, -0.15) is 0 Å². The van der Waals surface area contributed by atoms with E-state index in [0.717, 1.165) is 21.3 Å². The Hall–Kier alpha value is -1.23. The average molecular weight is 343 g/mol. The van der Waals surface area contributed by atoms with Crippen LogP contribution in [0.25, 0.3) is 6.08 Å². The van der Waals surface area contributed by atoms with Gasteiger partial charge >= 0.3 is 0 Å². The molecule has 0 spiro atoms. The minimum absolute atomic E-state index is 0.251. The van der Waals surface area contributed by atoms with Crippen molar-refractivity contribution >= 4 is 39.3 Å². The molecule has 0 aliphatic carbocycles. The van der Waals surface area contributed by atoms with Gasteiger partial charge in [-0.25, -0.2) is 5.84 Å². The molecule has 0 bridgehead atoms. The Balaban J connectivity index is 3.15. The summed E-state index contributed by atoms with van der Waals surface area (Å²) in [7, 11) is 1.80. The Labute approximate surface area is 127 Å². The highest BCUT2D eigenvalue weighted by molar-refractivity contribution is 9.10. The molecule has 1 rings (SSSR count). The lowest BCUT2D eigenvalue weighted by Gasteiger charge is -2.16. The molecule has 0 atom stereocenters. The van der Waals surface area contributed by atoms with Crippen LogP contribution < -0.4 is 16.6 Å². The van der Waals surface area contributed by atoms with Gasteiger partial charge in [0.1, 0.15) is 0 Å². The molecule has 0 heterocycles. The first kappa shape index (κ1) is 15.8. The summed E-state index contributed by atoms with van der Waals surface area (Å²) < 4.78 is 0.969. The standard InChI is InChI=1S/C14H17BrClN3/c1-3-10(9-14(16)17)7-8-11-12(15)5-4-6-13(11)19(2)18/h3-9H,17-18H2,1-2H3/b8-7+,10-3+,14-9-. The third kappa shape index (κ3) is 4.74. The van der Waals surface area contributed by atoms with Crippen LogP contribution in [0, 0.1) is 0 Å². The van der Waals surface area contributed by atoms with Crippen molar-refractivity contribution in [2.45, 2.75) is 6.92 Å². The minimum atomic E-state index is 0.251. The number of rotatable bonds is 4. The summed E-state index contributed by atoms with van der Waals surface area (Å²) in [6.45, 7) is 1.92. The fourth-order valence-electron chi connectivity index (χ4n) is 1.56. The number of nitrogens with two attached hydrogens (primary N) is 2. The van der Waals surface area contributed by atoms with Gasteiger partial charge in [0.25, 0.3) is 0 Å². The molecule has 0 unspecified atom stereocenters. The number of hydrogen-bond donors (Lipinski definition) is 2. The van der Waals surface area contributed by atoms with Crippen molar-refractivity contribution in [2.24, 2.45) is 11.6 Å². The zero-order chi connectivity index (χ0) is 14.4. The van der Waals surface area contributed by atoms with Crippen LogP contribution in [0.15, 0.2) is 51.6 Å². The molecular weight excluding hydrogens is 326 g/mol. The molecule has 0 saturated carbocycles. The van der Waals surface area contributed by atoms with Crippen molar-refractivity contribution in [3.63, 3.8) is 0 Å². The van der Waals surface area contributed by atoms with Crippen LogP contribution in [0.2, 0.25) is 0 Å². The lowest BCUT2D eigenvalue weighted by molar-refractivity contribution is 1.01. The first-order valence-electron chi connectivity index (χ1n) is 5.69. The van der Waals surface area contributed by atoms with Crippen molar-refractivity contribution in [1.82, 2.24) is 0 Å². The summed E-state index contributed by atoms with van der Waals surface area (Å²) in [5, 5.41) is 1.83. The van der Waals surface area contributed by atoms with Crippen molar-refractivity contribution in [2.75, 3.05) is 12.1 Å². The van der Waals surface area contributed by atoms with E-state index < -0.39 is 0 Å². The number of hydrogen-bond acceptors (Lipinski definition) is 3. The molecular formula is C14H17BrClN3.